The Morgan fingerprint density at radius 2 is 1.78 bits per heavy atom. The summed E-state index contributed by atoms with van der Waals surface area (Å²) in [6, 6.07) is 24.5. The molecule has 3 aromatic carbocycles. The Hall–Kier alpha value is -4.39. The van der Waals surface area contributed by atoms with E-state index in [-0.39, 0.29) is 18.3 Å². The van der Waals surface area contributed by atoms with Crippen LogP contribution in [0.1, 0.15) is 22.2 Å². The molecular formula is C25H19N3O4. The maximum atomic E-state index is 12.7. The molecule has 0 saturated heterocycles. The lowest BCUT2D eigenvalue weighted by atomic mass is 10.1. The number of furan rings is 1. The predicted molar refractivity (Wildman–Crippen MR) is 119 cm³/mol. The summed E-state index contributed by atoms with van der Waals surface area (Å²) in [5.41, 5.74) is 1.22. The van der Waals surface area contributed by atoms with Gasteiger partial charge in [-0.1, -0.05) is 47.6 Å². The molecule has 2 aromatic heterocycles. The molecule has 0 radical (unpaired) electrons. The van der Waals surface area contributed by atoms with Crippen molar-refractivity contribution in [1.29, 1.82) is 0 Å². The number of nitrogens with one attached hydrogen (secondary N) is 1. The van der Waals surface area contributed by atoms with E-state index >= 15 is 0 Å². The van der Waals surface area contributed by atoms with Crippen LogP contribution in [0.15, 0.2) is 87.8 Å². The molecule has 0 aliphatic heterocycles. The summed E-state index contributed by atoms with van der Waals surface area (Å²) in [4.78, 5) is 17.0. The number of aryl methyl sites for hydroxylation is 1. The minimum absolute atomic E-state index is 0.182. The molecule has 5 aromatic rings. The van der Waals surface area contributed by atoms with Gasteiger partial charge in [0.2, 0.25) is 11.7 Å². The van der Waals surface area contributed by atoms with Crippen molar-refractivity contribution in [1.82, 2.24) is 10.1 Å². The molecule has 158 valence electrons. The van der Waals surface area contributed by atoms with Gasteiger partial charge in [0.05, 0.1) is 5.69 Å². The highest BCUT2D eigenvalue weighted by Crippen LogP contribution is 2.26. The Morgan fingerprint density at radius 1 is 0.969 bits per heavy atom. The number of ether oxygens (including phenoxy) is 1. The number of hydrogen-bond donors (Lipinski definition) is 1. The Kier molecular flexibility index (Phi) is 5.13. The topological polar surface area (TPSA) is 90.4 Å². The smallest absolute Gasteiger partial charge is 0.291 e. The average Bonchev–Trinajstić information content (AvgIpc) is 3.47. The van der Waals surface area contributed by atoms with Gasteiger partial charge in [-0.3, -0.25) is 4.79 Å². The van der Waals surface area contributed by atoms with Gasteiger partial charge in [-0.05, 0) is 47.2 Å². The van der Waals surface area contributed by atoms with Crippen molar-refractivity contribution in [2.45, 2.75) is 13.5 Å². The summed E-state index contributed by atoms with van der Waals surface area (Å²) in [7, 11) is 0. The number of anilines is 1. The predicted octanol–water partition coefficient (Wildman–Crippen LogP) is 5.62. The Bertz CT molecular complexity index is 1400. The third-order valence-corrected chi connectivity index (χ3v) is 4.93. The van der Waals surface area contributed by atoms with Gasteiger partial charge in [0.15, 0.2) is 5.76 Å². The SMILES string of the molecule is Cc1nc(-c2ccccc2NC(=O)c2ccc(COc3ccc4ccccc4c3)o2)no1. The fourth-order valence-corrected chi connectivity index (χ4v) is 3.37. The highest BCUT2D eigenvalue weighted by atomic mass is 16.5. The molecule has 5 rings (SSSR count). The second-order valence-electron chi connectivity index (χ2n) is 7.20. The maximum Gasteiger partial charge on any atom is 0.291 e. The van der Waals surface area contributed by atoms with Crippen molar-refractivity contribution in [3.05, 3.63) is 96.3 Å². The molecular weight excluding hydrogens is 406 g/mol. The number of benzene rings is 3. The molecule has 32 heavy (non-hydrogen) atoms. The fourth-order valence-electron chi connectivity index (χ4n) is 3.37. The summed E-state index contributed by atoms with van der Waals surface area (Å²) in [5.74, 6) is 1.93. The summed E-state index contributed by atoms with van der Waals surface area (Å²) in [6.45, 7) is 1.92. The highest BCUT2D eigenvalue weighted by molar-refractivity contribution is 6.04. The average molecular weight is 425 g/mol. The molecule has 0 saturated carbocycles. The lowest BCUT2D eigenvalue weighted by Gasteiger charge is -2.07. The van der Waals surface area contributed by atoms with Crippen LogP contribution in [-0.2, 0) is 6.61 Å². The molecule has 0 bridgehead atoms. The van der Waals surface area contributed by atoms with Crippen molar-refractivity contribution < 1.29 is 18.5 Å². The van der Waals surface area contributed by atoms with E-state index in [4.69, 9.17) is 13.7 Å². The highest BCUT2D eigenvalue weighted by Gasteiger charge is 2.16. The lowest BCUT2D eigenvalue weighted by Crippen LogP contribution is -2.11. The van der Waals surface area contributed by atoms with Crippen LogP contribution in [-0.4, -0.2) is 16.0 Å². The van der Waals surface area contributed by atoms with E-state index in [9.17, 15) is 4.79 Å². The zero-order valence-corrected chi connectivity index (χ0v) is 17.2. The number of carbonyl (C=O) groups is 1. The van der Waals surface area contributed by atoms with Gasteiger partial charge in [-0.15, -0.1) is 0 Å². The van der Waals surface area contributed by atoms with Gasteiger partial charge in [-0.2, -0.15) is 4.98 Å². The molecule has 1 N–H and O–H groups in total. The van der Waals surface area contributed by atoms with E-state index in [1.54, 1.807) is 25.1 Å². The zero-order chi connectivity index (χ0) is 21.9. The molecule has 7 nitrogen and oxygen atoms in total. The first-order valence-corrected chi connectivity index (χ1v) is 10.1. The second kappa shape index (κ2) is 8.39. The number of hydrogen-bond acceptors (Lipinski definition) is 6. The van der Waals surface area contributed by atoms with E-state index in [0.717, 1.165) is 16.5 Å². The lowest BCUT2D eigenvalue weighted by molar-refractivity contribution is 0.0992. The maximum absolute atomic E-state index is 12.7. The second-order valence-corrected chi connectivity index (χ2v) is 7.20. The first kappa shape index (κ1) is 19.6. The molecule has 0 aliphatic carbocycles. The quantitative estimate of drug-likeness (QED) is 0.380. The molecule has 0 spiro atoms. The molecule has 2 heterocycles. The fraction of sp³-hybridized carbons (Fsp3) is 0.0800. The third-order valence-electron chi connectivity index (χ3n) is 4.93. The van der Waals surface area contributed by atoms with Gasteiger partial charge in [-0.25, -0.2) is 0 Å². The minimum Gasteiger partial charge on any atom is -0.486 e. The Labute approximate surface area is 183 Å². The zero-order valence-electron chi connectivity index (χ0n) is 17.2. The minimum atomic E-state index is -0.380. The van der Waals surface area contributed by atoms with Crippen LogP contribution in [0.4, 0.5) is 5.69 Å². The number of para-hydroxylation sites is 1. The molecule has 0 fully saturated rings. The first-order valence-electron chi connectivity index (χ1n) is 10.1. The molecule has 0 aliphatic rings. The van der Waals surface area contributed by atoms with E-state index in [1.807, 2.05) is 54.6 Å². The van der Waals surface area contributed by atoms with Crippen LogP contribution in [0.5, 0.6) is 5.75 Å². The van der Waals surface area contributed by atoms with Crippen molar-refractivity contribution in [3.63, 3.8) is 0 Å². The molecule has 7 heteroatoms. The van der Waals surface area contributed by atoms with Crippen molar-refractivity contribution in [2.24, 2.45) is 0 Å². The van der Waals surface area contributed by atoms with Crippen LogP contribution in [0.25, 0.3) is 22.2 Å². The van der Waals surface area contributed by atoms with E-state index in [2.05, 4.69) is 21.5 Å². The van der Waals surface area contributed by atoms with Crippen molar-refractivity contribution >= 4 is 22.4 Å². The van der Waals surface area contributed by atoms with E-state index < -0.39 is 0 Å². The van der Waals surface area contributed by atoms with Gasteiger partial charge >= 0.3 is 0 Å². The van der Waals surface area contributed by atoms with Gasteiger partial charge < -0.3 is 19.0 Å². The molecule has 0 atom stereocenters. The summed E-state index contributed by atoms with van der Waals surface area (Å²) in [5, 5.41) is 9.02. The number of aromatic nitrogens is 2. The van der Waals surface area contributed by atoms with Crippen molar-refractivity contribution in [3.8, 4) is 17.1 Å². The van der Waals surface area contributed by atoms with Crippen LogP contribution in [0.2, 0.25) is 0 Å². The van der Waals surface area contributed by atoms with E-state index in [1.165, 1.54) is 0 Å². The van der Waals surface area contributed by atoms with Gasteiger partial charge in [0.25, 0.3) is 5.91 Å². The van der Waals surface area contributed by atoms with E-state index in [0.29, 0.717) is 28.7 Å². The summed E-state index contributed by atoms with van der Waals surface area (Å²) in [6.07, 6.45) is 0. The summed E-state index contributed by atoms with van der Waals surface area (Å²) < 4.78 is 16.6. The van der Waals surface area contributed by atoms with Crippen LogP contribution >= 0.6 is 0 Å². The van der Waals surface area contributed by atoms with Crippen molar-refractivity contribution in [2.75, 3.05) is 5.32 Å². The van der Waals surface area contributed by atoms with Crippen LogP contribution < -0.4 is 10.1 Å². The monoisotopic (exact) mass is 425 g/mol. The Morgan fingerprint density at radius 3 is 2.62 bits per heavy atom. The molecule has 0 unspecified atom stereocenters. The van der Waals surface area contributed by atoms with Gasteiger partial charge in [0, 0.05) is 12.5 Å². The number of rotatable bonds is 6. The molecule has 1 amide bonds. The van der Waals surface area contributed by atoms with Gasteiger partial charge in [0.1, 0.15) is 18.1 Å². The number of carbonyl (C=O) groups excluding carboxylic acids is 1. The first-order chi connectivity index (χ1) is 15.7. The summed E-state index contributed by atoms with van der Waals surface area (Å²) >= 11 is 0. The third kappa shape index (κ3) is 4.09. The number of amides is 1. The Balaban J connectivity index is 1.27. The number of fused-ring (bicyclic) bond motifs is 1. The van der Waals surface area contributed by atoms with Crippen LogP contribution in [0.3, 0.4) is 0 Å². The largest absolute Gasteiger partial charge is 0.486 e. The standard InChI is InChI=1S/C25H19N3O4/c1-16-26-24(28-32-16)21-8-4-5-9-22(21)27-25(29)23-13-12-20(31-23)15-30-19-11-10-17-6-2-3-7-18(17)14-19/h2-14H,15H2,1H3,(H,27,29). The number of nitrogens with zero attached hydrogens (tertiary/aromatic N) is 2. The van der Waals surface area contributed by atoms with Crippen LogP contribution in [0, 0.1) is 6.92 Å². The normalized spacial score (nSPS) is 10.9.